The van der Waals surface area contributed by atoms with Crippen LogP contribution in [0.15, 0.2) is 51.8 Å². The number of halogens is 4. The SMILES string of the molecule is Cc1cccc(S(=O)(=O)Nc2ccc(Br)c(C(F)(F)F)c2)c1. The molecule has 0 aromatic heterocycles. The molecule has 0 amide bonds. The van der Waals surface area contributed by atoms with Crippen molar-refractivity contribution in [3.05, 3.63) is 58.1 Å². The number of alkyl halides is 3. The van der Waals surface area contributed by atoms with Crippen molar-refractivity contribution in [3.8, 4) is 0 Å². The topological polar surface area (TPSA) is 46.2 Å². The smallest absolute Gasteiger partial charge is 0.280 e. The van der Waals surface area contributed by atoms with Gasteiger partial charge >= 0.3 is 6.18 Å². The molecule has 2 aromatic carbocycles. The van der Waals surface area contributed by atoms with E-state index in [0.29, 0.717) is 0 Å². The highest BCUT2D eigenvalue weighted by molar-refractivity contribution is 9.10. The fourth-order valence-corrected chi connectivity index (χ4v) is 3.43. The average molecular weight is 394 g/mol. The Bertz CT molecular complexity index is 804. The number of anilines is 1. The van der Waals surface area contributed by atoms with Gasteiger partial charge in [-0.25, -0.2) is 8.42 Å². The Kier molecular flexibility index (Phi) is 4.53. The minimum absolute atomic E-state index is 0.0102. The minimum Gasteiger partial charge on any atom is -0.280 e. The van der Waals surface area contributed by atoms with Gasteiger partial charge in [-0.05, 0) is 42.8 Å². The van der Waals surface area contributed by atoms with E-state index < -0.39 is 21.8 Å². The molecule has 0 heterocycles. The van der Waals surface area contributed by atoms with Crippen LogP contribution in [-0.4, -0.2) is 8.42 Å². The molecule has 0 aliphatic heterocycles. The fourth-order valence-electron chi connectivity index (χ4n) is 1.80. The number of rotatable bonds is 3. The zero-order valence-electron chi connectivity index (χ0n) is 11.3. The zero-order valence-corrected chi connectivity index (χ0v) is 13.7. The Hall–Kier alpha value is -1.54. The summed E-state index contributed by atoms with van der Waals surface area (Å²) in [7, 11) is -3.94. The number of aryl methyl sites for hydroxylation is 1. The van der Waals surface area contributed by atoms with Crippen molar-refractivity contribution in [3.63, 3.8) is 0 Å². The zero-order chi connectivity index (χ0) is 16.5. The van der Waals surface area contributed by atoms with Crippen molar-refractivity contribution < 1.29 is 21.6 Å². The van der Waals surface area contributed by atoms with E-state index in [1.807, 2.05) is 0 Å². The molecule has 0 aliphatic carbocycles. The normalized spacial score (nSPS) is 12.2. The van der Waals surface area contributed by atoms with Crippen LogP contribution in [0.4, 0.5) is 18.9 Å². The third-order valence-corrected chi connectivity index (χ3v) is 4.89. The average Bonchev–Trinajstić information content (AvgIpc) is 2.39. The van der Waals surface area contributed by atoms with Crippen LogP contribution in [-0.2, 0) is 16.2 Å². The first-order valence-electron chi connectivity index (χ1n) is 6.06. The molecular formula is C14H11BrF3NO2S. The lowest BCUT2D eigenvalue weighted by Gasteiger charge is -2.13. The fraction of sp³-hybridized carbons (Fsp3) is 0.143. The highest BCUT2D eigenvalue weighted by Crippen LogP contribution is 2.36. The number of benzene rings is 2. The van der Waals surface area contributed by atoms with E-state index in [0.717, 1.165) is 17.7 Å². The molecule has 0 saturated carbocycles. The molecule has 22 heavy (non-hydrogen) atoms. The van der Waals surface area contributed by atoms with Gasteiger partial charge in [0, 0.05) is 10.2 Å². The lowest BCUT2D eigenvalue weighted by molar-refractivity contribution is -0.138. The van der Waals surface area contributed by atoms with Crippen LogP contribution in [0.3, 0.4) is 0 Å². The molecule has 2 aromatic rings. The van der Waals surface area contributed by atoms with Crippen molar-refractivity contribution in [1.29, 1.82) is 0 Å². The summed E-state index contributed by atoms with van der Waals surface area (Å²) >= 11 is 2.80. The molecule has 0 spiro atoms. The van der Waals surface area contributed by atoms with Gasteiger partial charge in [-0.15, -0.1) is 0 Å². The molecule has 8 heteroatoms. The molecule has 0 bridgehead atoms. The van der Waals surface area contributed by atoms with Gasteiger partial charge in [-0.3, -0.25) is 4.72 Å². The lowest BCUT2D eigenvalue weighted by Crippen LogP contribution is -2.14. The van der Waals surface area contributed by atoms with Crippen molar-refractivity contribution >= 4 is 31.6 Å². The molecule has 0 saturated heterocycles. The molecule has 2 rings (SSSR count). The van der Waals surface area contributed by atoms with Crippen LogP contribution in [0.2, 0.25) is 0 Å². The minimum atomic E-state index is -4.58. The Balaban J connectivity index is 2.39. The van der Waals surface area contributed by atoms with Crippen LogP contribution in [0.5, 0.6) is 0 Å². The number of sulfonamides is 1. The molecule has 118 valence electrons. The molecule has 1 N–H and O–H groups in total. The maximum atomic E-state index is 12.8. The molecule has 0 aliphatic rings. The molecule has 0 unspecified atom stereocenters. The van der Waals surface area contributed by atoms with E-state index in [1.165, 1.54) is 18.2 Å². The molecule has 3 nitrogen and oxygen atoms in total. The first kappa shape index (κ1) is 16.8. The van der Waals surface area contributed by atoms with Crippen molar-refractivity contribution in [2.75, 3.05) is 4.72 Å². The monoisotopic (exact) mass is 393 g/mol. The molecule has 0 fully saturated rings. The number of hydrogen-bond acceptors (Lipinski definition) is 2. The molecule has 0 atom stereocenters. The van der Waals surface area contributed by atoms with Crippen LogP contribution in [0, 0.1) is 6.92 Å². The van der Waals surface area contributed by atoms with Crippen LogP contribution in [0.25, 0.3) is 0 Å². The lowest BCUT2D eigenvalue weighted by atomic mass is 10.2. The van der Waals surface area contributed by atoms with Crippen molar-refractivity contribution in [2.24, 2.45) is 0 Å². The predicted octanol–water partition coefficient (Wildman–Crippen LogP) is 4.58. The quantitative estimate of drug-likeness (QED) is 0.829. The van der Waals surface area contributed by atoms with E-state index in [9.17, 15) is 21.6 Å². The van der Waals surface area contributed by atoms with E-state index in [-0.39, 0.29) is 15.1 Å². The van der Waals surface area contributed by atoms with Gasteiger partial charge in [-0.1, -0.05) is 28.1 Å². The molecular weight excluding hydrogens is 383 g/mol. The van der Waals surface area contributed by atoms with Crippen LogP contribution in [0.1, 0.15) is 11.1 Å². The second-order valence-corrected chi connectivity index (χ2v) is 7.15. The van der Waals surface area contributed by atoms with Crippen LogP contribution < -0.4 is 4.72 Å². The predicted molar refractivity (Wildman–Crippen MR) is 81.1 cm³/mol. The van der Waals surface area contributed by atoms with E-state index in [1.54, 1.807) is 19.1 Å². The Labute approximate surface area is 134 Å². The summed E-state index contributed by atoms with van der Waals surface area (Å²) in [4.78, 5) is -0.0102. The van der Waals surface area contributed by atoms with E-state index >= 15 is 0 Å². The number of hydrogen-bond donors (Lipinski definition) is 1. The van der Waals surface area contributed by atoms with Gasteiger partial charge in [0.05, 0.1) is 10.5 Å². The highest BCUT2D eigenvalue weighted by Gasteiger charge is 2.33. The van der Waals surface area contributed by atoms with E-state index in [4.69, 9.17) is 0 Å². The second kappa shape index (κ2) is 5.92. The Morgan fingerprint density at radius 2 is 1.77 bits per heavy atom. The number of nitrogens with one attached hydrogen (secondary N) is 1. The van der Waals surface area contributed by atoms with Gasteiger partial charge in [0.25, 0.3) is 10.0 Å². The maximum absolute atomic E-state index is 12.8. The highest BCUT2D eigenvalue weighted by atomic mass is 79.9. The standard InChI is InChI=1S/C14H11BrF3NO2S/c1-9-3-2-4-11(7-9)22(20,21)19-10-5-6-13(15)12(8-10)14(16,17)18/h2-8,19H,1H3. The van der Waals surface area contributed by atoms with Gasteiger partial charge in [0.15, 0.2) is 0 Å². The van der Waals surface area contributed by atoms with Gasteiger partial charge in [0.1, 0.15) is 0 Å². The summed E-state index contributed by atoms with van der Waals surface area (Å²) < 4.78 is 64.9. The third kappa shape index (κ3) is 3.80. The van der Waals surface area contributed by atoms with E-state index in [2.05, 4.69) is 20.7 Å². The summed E-state index contributed by atoms with van der Waals surface area (Å²) in [5.74, 6) is 0. The first-order chi connectivity index (χ1) is 10.1. The first-order valence-corrected chi connectivity index (χ1v) is 8.33. The maximum Gasteiger partial charge on any atom is 0.417 e. The summed E-state index contributed by atoms with van der Waals surface area (Å²) in [6, 6.07) is 9.25. The summed E-state index contributed by atoms with van der Waals surface area (Å²) in [5, 5.41) is 0. The van der Waals surface area contributed by atoms with Gasteiger partial charge < -0.3 is 0 Å². The largest absolute Gasteiger partial charge is 0.417 e. The van der Waals surface area contributed by atoms with Gasteiger partial charge in [0.2, 0.25) is 0 Å². The van der Waals surface area contributed by atoms with Crippen LogP contribution >= 0.6 is 15.9 Å². The van der Waals surface area contributed by atoms with Crippen molar-refractivity contribution in [2.45, 2.75) is 18.0 Å². The Morgan fingerprint density at radius 1 is 1.09 bits per heavy atom. The summed E-state index contributed by atoms with van der Waals surface area (Å²) in [5.41, 5.74) is -0.372. The summed E-state index contributed by atoms with van der Waals surface area (Å²) in [6.45, 7) is 1.72. The third-order valence-electron chi connectivity index (χ3n) is 2.82. The second-order valence-electron chi connectivity index (χ2n) is 4.61. The van der Waals surface area contributed by atoms with Gasteiger partial charge in [-0.2, -0.15) is 13.2 Å². The van der Waals surface area contributed by atoms with Crippen molar-refractivity contribution in [1.82, 2.24) is 0 Å². The summed E-state index contributed by atoms with van der Waals surface area (Å²) in [6.07, 6.45) is -4.58. The Morgan fingerprint density at radius 3 is 2.36 bits per heavy atom. The molecule has 0 radical (unpaired) electrons.